The summed E-state index contributed by atoms with van der Waals surface area (Å²) in [5.74, 6) is -0.313. The largest absolute Gasteiger partial charge is 0.481 e. The maximum absolute atomic E-state index is 12.2. The summed E-state index contributed by atoms with van der Waals surface area (Å²) in [4.78, 5) is 34.5. The fourth-order valence-electron chi connectivity index (χ4n) is 2.51. The Morgan fingerprint density at radius 1 is 1.11 bits per heavy atom. The van der Waals surface area contributed by atoms with Crippen molar-refractivity contribution in [2.24, 2.45) is 0 Å². The van der Waals surface area contributed by atoms with Crippen molar-refractivity contribution in [1.29, 1.82) is 0 Å². The lowest BCUT2D eigenvalue weighted by Gasteiger charge is -2.19. The minimum atomic E-state index is -0.851. The highest BCUT2D eigenvalue weighted by Crippen LogP contribution is 2.29. The second kappa shape index (κ2) is 9.50. The first-order valence-electron chi connectivity index (χ1n) is 8.93. The van der Waals surface area contributed by atoms with Crippen LogP contribution in [0.25, 0.3) is 0 Å². The number of para-hydroxylation sites is 1. The first-order chi connectivity index (χ1) is 13.3. The van der Waals surface area contributed by atoms with E-state index in [-0.39, 0.29) is 17.2 Å². The molecular weight excluding hydrogens is 362 g/mol. The van der Waals surface area contributed by atoms with E-state index >= 15 is 0 Å². The Kier molecular flexibility index (Phi) is 7.08. The van der Waals surface area contributed by atoms with Crippen LogP contribution in [-0.4, -0.2) is 22.8 Å². The Labute approximate surface area is 163 Å². The van der Waals surface area contributed by atoms with E-state index in [0.29, 0.717) is 5.75 Å². The molecular formula is C20H23N3O5. The summed E-state index contributed by atoms with van der Waals surface area (Å²) in [6.07, 6.45) is 0.0795. The number of hydrogen-bond donors (Lipinski definition) is 2. The van der Waals surface area contributed by atoms with Gasteiger partial charge in [0.15, 0.2) is 6.10 Å². The third kappa shape index (κ3) is 5.29. The SMILES string of the molecule is CCC(C)c1ccccc1OC(C)C(=O)NNC(=O)c1cccc([N+](=O)[O-])c1. The number of carbonyl (C=O) groups excluding carboxylic acids is 2. The molecule has 0 saturated carbocycles. The van der Waals surface area contributed by atoms with Crippen LogP contribution in [0, 0.1) is 10.1 Å². The van der Waals surface area contributed by atoms with Crippen LogP contribution in [0.5, 0.6) is 5.75 Å². The van der Waals surface area contributed by atoms with E-state index in [1.165, 1.54) is 18.2 Å². The van der Waals surface area contributed by atoms with E-state index in [4.69, 9.17) is 4.74 Å². The molecule has 2 atom stereocenters. The van der Waals surface area contributed by atoms with Gasteiger partial charge in [-0.2, -0.15) is 0 Å². The predicted molar refractivity (Wildman–Crippen MR) is 104 cm³/mol. The Bertz CT molecular complexity index is 868. The molecule has 28 heavy (non-hydrogen) atoms. The summed E-state index contributed by atoms with van der Waals surface area (Å²) in [6, 6.07) is 12.7. The Hall–Kier alpha value is -3.42. The van der Waals surface area contributed by atoms with Crippen LogP contribution >= 0.6 is 0 Å². The summed E-state index contributed by atoms with van der Waals surface area (Å²) in [6.45, 7) is 5.72. The van der Waals surface area contributed by atoms with Crippen LogP contribution < -0.4 is 15.6 Å². The number of nitro benzene ring substituents is 1. The first kappa shape index (κ1) is 20.9. The molecule has 2 unspecified atom stereocenters. The highest BCUT2D eigenvalue weighted by Gasteiger charge is 2.19. The maximum Gasteiger partial charge on any atom is 0.279 e. The zero-order valence-corrected chi connectivity index (χ0v) is 16.0. The van der Waals surface area contributed by atoms with Crippen LogP contribution in [0.4, 0.5) is 5.69 Å². The molecule has 0 radical (unpaired) electrons. The van der Waals surface area contributed by atoms with Crippen molar-refractivity contribution < 1.29 is 19.2 Å². The number of benzene rings is 2. The standard InChI is InChI=1S/C20H23N3O5/c1-4-13(2)17-10-5-6-11-18(17)28-14(3)19(24)21-22-20(25)15-8-7-9-16(12-15)23(26)27/h5-14H,4H2,1-3H3,(H,21,24)(H,22,25). The molecule has 148 valence electrons. The molecule has 0 aromatic heterocycles. The minimum Gasteiger partial charge on any atom is -0.481 e. The average molecular weight is 385 g/mol. The zero-order valence-electron chi connectivity index (χ0n) is 16.0. The summed E-state index contributed by atoms with van der Waals surface area (Å²) < 4.78 is 5.77. The van der Waals surface area contributed by atoms with Crippen LogP contribution in [-0.2, 0) is 4.79 Å². The topological polar surface area (TPSA) is 111 Å². The molecule has 2 amide bonds. The van der Waals surface area contributed by atoms with Gasteiger partial charge in [-0.15, -0.1) is 0 Å². The fourth-order valence-corrected chi connectivity index (χ4v) is 2.51. The molecule has 8 nitrogen and oxygen atoms in total. The number of hydrazine groups is 1. The van der Waals surface area contributed by atoms with Gasteiger partial charge in [-0.25, -0.2) is 0 Å². The van der Waals surface area contributed by atoms with E-state index < -0.39 is 22.8 Å². The number of carbonyl (C=O) groups is 2. The van der Waals surface area contributed by atoms with Crippen LogP contribution in [0.1, 0.15) is 49.0 Å². The third-order valence-electron chi connectivity index (χ3n) is 4.35. The van der Waals surface area contributed by atoms with Crippen LogP contribution in [0.15, 0.2) is 48.5 Å². The van der Waals surface area contributed by atoms with E-state index in [0.717, 1.165) is 18.1 Å². The quantitative estimate of drug-likeness (QED) is 0.561. The molecule has 0 aliphatic carbocycles. The van der Waals surface area contributed by atoms with Crippen molar-refractivity contribution in [1.82, 2.24) is 10.9 Å². The molecule has 2 aromatic carbocycles. The summed E-state index contributed by atoms with van der Waals surface area (Å²) in [5.41, 5.74) is 5.37. The molecule has 0 bridgehead atoms. The van der Waals surface area contributed by atoms with E-state index in [1.54, 1.807) is 13.0 Å². The van der Waals surface area contributed by atoms with Gasteiger partial charge in [0.1, 0.15) is 5.75 Å². The Morgan fingerprint density at radius 3 is 2.50 bits per heavy atom. The zero-order chi connectivity index (χ0) is 20.7. The second-order valence-electron chi connectivity index (χ2n) is 6.36. The van der Waals surface area contributed by atoms with E-state index in [1.807, 2.05) is 18.2 Å². The normalized spacial score (nSPS) is 12.5. The van der Waals surface area contributed by atoms with Gasteiger partial charge >= 0.3 is 0 Å². The number of nitro groups is 1. The Balaban J connectivity index is 1.97. The van der Waals surface area contributed by atoms with Gasteiger partial charge in [-0.05, 0) is 37.0 Å². The lowest BCUT2D eigenvalue weighted by molar-refractivity contribution is -0.384. The number of nitrogens with one attached hydrogen (secondary N) is 2. The molecule has 2 N–H and O–H groups in total. The highest BCUT2D eigenvalue weighted by atomic mass is 16.6. The molecule has 2 rings (SSSR count). The van der Waals surface area contributed by atoms with Gasteiger partial charge in [0.05, 0.1) is 4.92 Å². The van der Waals surface area contributed by atoms with Gasteiger partial charge in [0.2, 0.25) is 0 Å². The fraction of sp³-hybridized carbons (Fsp3) is 0.300. The van der Waals surface area contributed by atoms with Crippen LogP contribution in [0.3, 0.4) is 0 Å². The smallest absolute Gasteiger partial charge is 0.279 e. The number of non-ortho nitro benzene ring substituents is 1. The molecule has 0 saturated heterocycles. The third-order valence-corrected chi connectivity index (χ3v) is 4.35. The monoisotopic (exact) mass is 385 g/mol. The summed E-state index contributed by atoms with van der Waals surface area (Å²) in [5, 5.41) is 10.8. The van der Waals surface area contributed by atoms with Crippen molar-refractivity contribution >= 4 is 17.5 Å². The molecule has 0 spiro atoms. The lowest BCUT2D eigenvalue weighted by Crippen LogP contribution is -2.47. The number of ether oxygens (including phenoxy) is 1. The lowest BCUT2D eigenvalue weighted by atomic mass is 9.98. The molecule has 0 heterocycles. The first-order valence-corrected chi connectivity index (χ1v) is 8.93. The minimum absolute atomic E-state index is 0.0604. The number of hydrogen-bond acceptors (Lipinski definition) is 5. The molecule has 0 fully saturated rings. The molecule has 0 aliphatic rings. The number of nitrogens with zero attached hydrogens (tertiary/aromatic N) is 1. The molecule has 0 aliphatic heterocycles. The van der Waals surface area contributed by atoms with Crippen LogP contribution in [0.2, 0.25) is 0 Å². The highest BCUT2D eigenvalue weighted by molar-refractivity contribution is 5.96. The molecule has 8 heteroatoms. The summed E-state index contributed by atoms with van der Waals surface area (Å²) in [7, 11) is 0. The van der Waals surface area contributed by atoms with Gasteiger partial charge in [0.25, 0.3) is 17.5 Å². The van der Waals surface area contributed by atoms with Crippen molar-refractivity contribution in [3.8, 4) is 5.75 Å². The summed E-state index contributed by atoms with van der Waals surface area (Å²) >= 11 is 0. The van der Waals surface area contributed by atoms with Crippen molar-refractivity contribution in [3.05, 3.63) is 69.8 Å². The van der Waals surface area contributed by atoms with E-state index in [9.17, 15) is 19.7 Å². The van der Waals surface area contributed by atoms with Gasteiger partial charge < -0.3 is 4.74 Å². The van der Waals surface area contributed by atoms with Crippen molar-refractivity contribution in [2.45, 2.75) is 39.2 Å². The van der Waals surface area contributed by atoms with Gasteiger partial charge in [-0.3, -0.25) is 30.6 Å². The predicted octanol–water partition coefficient (Wildman–Crippen LogP) is 3.34. The maximum atomic E-state index is 12.2. The van der Waals surface area contributed by atoms with E-state index in [2.05, 4.69) is 24.7 Å². The van der Waals surface area contributed by atoms with Crippen molar-refractivity contribution in [2.75, 3.05) is 0 Å². The average Bonchev–Trinajstić information content (AvgIpc) is 2.71. The second-order valence-corrected chi connectivity index (χ2v) is 6.36. The molecule has 2 aromatic rings. The Morgan fingerprint density at radius 2 is 1.82 bits per heavy atom. The van der Waals surface area contributed by atoms with Gasteiger partial charge in [-0.1, -0.05) is 38.1 Å². The number of rotatable bonds is 7. The van der Waals surface area contributed by atoms with Crippen molar-refractivity contribution in [3.63, 3.8) is 0 Å². The number of amides is 2. The van der Waals surface area contributed by atoms with Gasteiger partial charge in [0, 0.05) is 17.7 Å².